The Labute approximate surface area is 399 Å². The number of carbonyl (C=O) groups is 1. The molecule has 1 amide bonds. The van der Waals surface area contributed by atoms with Gasteiger partial charge in [-0.3, -0.25) is 0 Å². The van der Waals surface area contributed by atoms with Crippen molar-refractivity contribution < 1.29 is 39.1 Å². The Balaban J connectivity index is 0.772. The Morgan fingerprint density at radius 3 is 2.45 bits per heavy atom. The predicted octanol–water partition coefficient (Wildman–Crippen LogP) is 7.64. The fraction of sp³-hybridized carbons (Fsp3) is 0.412. The number of nitrogens with zero attached hydrogens (tertiary/aromatic N) is 10. The van der Waals surface area contributed by atoms with E-state index in [4.69, 9.17) is 33.9 Å². The van der Waals surface area contributed by atoms with Gasteiger partial charge >= 0.3 is 12.1 Å². The molecule has 7 aromatic rings. The second-order valence-corrected chi connectivity index (χ2v) is 18.4. The number of aromatic nitrogens is 7. The molecule has 3 aromatic carbocycles. The van der Waals surface area contributed by atoms with Crippen molar-refractivity contribution in [2.45, 2.75) is 65.1 Å². The van der Waals surface area contributed by atoms with Crippen LogP contribution in [0.25, 0.3) is 50.3 Å². The van der Waals surface area contributed by atoms with Crippen molar-refractivity contribution in [1.82, 2.24) is 39.2 Å². The molecular weight excluding hydrogens is 881 g/mol. The highest BCUT2D eigenvalue weighted by Crippen LogP contribution is 2.40. The van der Waals surface area contributed by atoms with E-state index in [9.17, 15) is 20.1 Å². The zero-order valence-electron chi connectivity index (χ0n) is 39.4. The van der Waals surface area contributed by atoms with E-state index < -0.39 is 0 Å². The average Bonchev–Trinajstić information content (AvgIpc) is 3.96. The van der Waals surface area contributed by atoms with Gasteiger partial charge in [-0.15, -0.1) is 5.10 Å². The highest BCUT2D eigenvalue weighted by Gasteiger charge is 2.28. The van der Waals surface area contributed by atoms with Crippen molar-refractivity contribution in [3.05, 3.63) is 84.1 Å². The Morgan fingerprint density at radius 1 is 0.855 bits per heavy atom. The van der Waals surface area contributed by atoms with Crippen molar-refractivity contribution in [2.24, 2.45) is 5.92 Å². The fourth-order valence-corrected chi connectivity index (χ4v) is 9.77. The zero-order chi connectivity index (χ0) is 47.8. The van der Waals surface area contributed by atoms with Crippen LogP contribution < -0.4 is 14.5 Å². The van der Waals surface area contributed by atoms with E-state index in [1.165, 1.54) is 10.6 Å². The van der Waals surface area contributed by atoms with Crippen molar-refractivity contribution in [1.29, 1.82) is 0 Å². The van der Waals surface area contributed by atoms with Crippen molar-refractivity contribution in [3.63, 3.8) is 0 Å². The number of methoxy groups -OCH3 is 1. The van der Waals surface area contributed by atoms with Crippen LogP contribution in [0.3, 0.4) is 0 Å². The third-order valence-corrected chi connectivity index (χ3v) is 13.7. The lowest BCUT2D eigenvalue weighted by Gasteiger charge is -2.34. The van der Waals surface area contributed by atoms with Crippen molar-refractivity contribution >= 4 is 39.8 Å². The number of phenols is 2. The molecule has 3 aliphatic rings. The Hall–Kier alpha value is -7.18. The largest absolute Gasteiger partial charge is 0.508 e. The van der Waals surface area contributed by atoms with E-state index in [-0.39, 0.29) is 48.0 Å². The highest BCUT2D eigenvalue weighted by atomic mass is 16.6. The maximum Gasteiger partial charge on any atom is 0.410 e. The number of fused-ring (bicyclic) bond motifs is 2. The molecule has 3 N–H and O–H groups in total. The molecule has 10 rings (SSSR count). The molecule has 3 aliphatic heterocycles. The molecule has 0 saturated carbocycles. The molecule has 0 bridgehead atoms. The van der Waals surface area contributed by atoms with Crippen LogP contribution >= 0.6 is 0 Å². The number of hydrogen-bond donors (Lipinski definition) is 3. The van der Waals surface area contributed by atoms with Gasteiger partial charge in [-0.25, -0.2) is 14.3 Å². The molecule has 4 aromatic heterocycles. The summed E-state index contributed by atoms with van der Waals surface area (Å²) in [5.74, 6) is 2.63. The first-order valence-electron chi connectivity index (χ1n) is 23.8. The molecule has 18 heteroatoms. The number of morpholine rings is 2. The van der Waals surface area contributed by atoms with Crippen LogP contribution in [-0.2, 0) is 27.4 Å². The van der Waals surface area contributed by atoms with Gasteiger partial charge < -0.3 is 53.5 Å². The summed E-state index contributed by atoms with van der Waals surface area (Å²) < 4.78 is 26.7. The fourth-order valence-electron chi connectivity index (χ4n) is 9.77. The van der Waals surface area contributed by atoms with Crippen LogP contribution in [0.2, 0.25) is 0 Å². The first-order chi connectivity index (χ1) is 33.5. The number of piperidine rings is 1. The van der Waals surface area contributed by atoms with Crippen LogP contribution in [0.15, 0.2) is 72.9 Å². The number of phenolic OH excluding ortho intramolecular Hbond substituents is 2. The molecule has 7 heterocycles. The molecule has 0 unspecified atom stereocenters. The molecule has 0 radical (unpaired) electrons. The minimum atomic E-state index is -0.350. The minimum Gasteiger partial charge on any atom is -0.508 e. The second kappa shape index (κ2) is 19.4. The first-order valence-corrected chi connectivity index (χ1v) is 23.8. The summed E-state index contributed by atoms with van der Waals surface area (Å²) in [4.78, 5) is 34.9. The van der Waals surface area contributed by atoms with Crippen LogP contribution in [0.5, 0.6) is 23.3 Å². The van der Waals surface area contributed by atoms with Crippen LogP contribution in [-0.4, -0.2) is 133 Å². The van der Waals surface area contributed by atoms with Crippen molar-refractivity contribution in [3.8, 4) is 51.6 Å². The van der Waals surface area contributed by atoms with Gasteiger partial charge in [0.05, 0.1) is 61.9 Å². The number of benzene rings is 3. The van der Waals surface area contributed by atoms with Gasteiger partial charge in [-0.2, -0.15) is 9.97 Å². The molecule has 0 aliphatic carbocycles. The summed E-state index contributed by atoms with van der Waals surface area (Å²) in [5.41, 5.74) is 5.60. The molecule has 3 fully saturated rings. The van der Waals surface area contributed by atoms with Gasteiger partial charge in [0.1, 0.15) is 29.7 Å². The number of aromatic hydroxyl groups is 3. The van der Waals surface area contributed by atoms with E-state index in [1.54, 1.807) is 18.1 Å². The van der Waals surface area contributed by atoms with Gasteiger partial charge in [-0.05, 0) is 104 Å². The third-order valence-electron chi connectivity index (χ3n) is 13.7. The molecule has 1 atom stereocenters. The summed E-state index contributed by atoms with van der Waals surface area (Å²) in [6.45, 7) is 12.7. The van der Waals surface area contributed by atoms with E-state index in [0.717, 1.165) is 77.8 Å². The summed E-state index contributed by atoms with van der Waals surface area (Å²) in [6.07, 6.45) is 4.40. The molecule has 0 spiro atoms. The number of hydrogen-bond acceptors (Lipinski definition) is 15. The Morgan fingerprint density at radius 2 is 1.67 bits per heavy atom. The summed E-state index contributed by atoms with van der Waals surface area (Å²) in [5, 5.41) is 41.9. The van der Waals surface area contributed by atoms with Crippen LogP contribution in [0.1, 0.15) is 57.1 Å². The maximum absolute atomic E-state index is 13.5. The number of anilines is 2. The summed E-state index contributed by atoms with van der Waals surface area (Å²) in [6, 6.07) is 20.5. The van der Waals surface area contributed by atoms with Gasteiger partial charge in [0.25, 0.3) is 0 Å². The highest BCUT2D eigenvalue weighted by molar-refractivity contribution is 5.90. The average molecular weight is 939 g/mol. The number of amides is 1. The maximum atomic E-state index is 13.5. The second-order valence-electron chi connectivity index (χ2n) is 18.4. The van der Waals surface area contributed by atoms with Crippen LogP contribution in [0, 0.1) is 5.92 Å². The van der Waals surface area contributed by atoms with Crippen molar-refractivity contribution in [2.75, 3.05) is 76.1 Å². The summed E-state index contributed by atoms with van der Waals surface area (Å²) >= 11 is 0. The molecule has 18 nitrogen and oxygen atoms in total. The third kappa shape index (κ3) is 9.25. The predicted molar refractivity (Wildman–Crippen MR) is 260 cm³/mol. The van der Waals surface area contributed by atoms with Gasteiger partial charge in [0.2, 0.25) is 5.95 Å². The lowest BCUT2D eigenvalue weighted by Crippen LogP contribution is -2.45. The number of aryl methyl sites for hydroxylation is 1. The minimum absolute atomic E-state index is 0.00508. The number of pyridine rings is 1. The number of likely N-dealkylation sites (tertiary alicyclic amines) is 1. The SMILES string of the molecule is COc1ccc(-c2ccc3c(N4CCOCC4)nc(N4CCOC[C@@H]4C)nc3n2)cc1COC(=O)N1CCC(CCn2ccc3cc(-n4c(O)nnc4-c4cc(C(C)C)c(O)cc4O)ccc32)CC1. The van der Waals surface area contributed by atoms with E-state index in [2.05, 4.69) is 37.7 Å². The van der Waals surface area contributed by atoms with E-state index >= 15 is 0 Å². The zero-order valence-corrected chi connectivity index (χ0v) is 39.4. The lowest BCUT2D eigenvalue weighted by molar-refractivity contribution is 0.0806. The molecule has 69 heavy (non-hydrogen) atoms. The quantitative estimate of drug-likeness (QED) is 0.108. The smallest absolute Gasteiger partial charge is 0.410 e. The number of rotatable bonds is 12. The molecule has 3 saturated heterocycles. The lowest BCUT2D eigenvalue weighted by atomic mass is 9.94. The number of carbonyl (C=O) groups excluding carboxylic acids is 1. The number of ether oxygens (including phenoxy) is 4. The van der Waals surface area contributed by atoms with Gasteiger partial charge in [0, 0.05) is 73.6 Å². The monoisotopic (exact) mass is 938 g/mol. The standard InChI is InChI=1S/C51H58N10O8/c1-31(2)39-27-40(44(63)28-43(39)62)48-55-56-50(64)61(48)37-6-9-42-35(26-37)14-18-57(42)15-11-33-12-16-59(17-13-33)51(65)69-30-36-25-34(5-10-45(36)66-4)41-8-7-38-46(52-41)53-49(60-21-24-68-29-32(60)3)54-47(38)58-19-22-67-23-20-58/h5-10,14,18,25-28,31-33,62-63H,11-13,15-17,19-24,29-30H2,1-4H3,(H,56,64)/t32-/m0/s1. The first kappa shape index (κ1) is 45.6. The molecule has 360 valence electrons. The van der Waals surface area contributed by atoms with Gasteiger partial charge in [-0.1, -0.05) is 18.9 Å². The Bertz CT molecular complexity index is 3000. The van der Waals surface area contributed by atoms with E-state index in [0.29, 0.717) is 86.1 Å². The van der Waals surface area contributed by atoms with E-state index in [1.807, 2.05) is 68.4 Å². The normalized spacial score (nSPS) is 17.1. The topological polar surface area (TPSA) is 199 Å². The van der Waals surface area contributed by atoms with Gasteiger partial charge in [0.15, 0.2) is 11.5 Å². The summed E-state index contributed by atoms with van der Waals surface area (Å²) in [7, 11) is 1.61. The molecular formula is C51H58N10O8. The van der Waals surface area contributed by atoms with Crippen LogP contribution in [0.4, 0.5) is 16.6 Å². The Kier molecular flexibility index (Phi) is 12.8.